The molecule has 0 aliphatic rings. The molecule has 7 heteroatoms. The Morgan fingerprint density at radius 3 is 2.40 bits per heavy atom. The van der Waals surface area contributed by atoms with Crippen molar-refractivity contribution in [3.05, 3.63) is 119 Å². The molecule has 0 aliphatic carbocycles. The standard InChI is InChI=1S/C28H25N5O2/c34-26-18-30-33(25-14-8-7-13-24(25)26)16-15-27(35)29-17-23-20-32(19-21-9-3-1-4-10-21)31-28(23)22-11-5-2-6-12-22/h1-14,18,20H,15-17,19H2,(H,29,35). The Morgan fingerprint density at radius 1 is 0.886 bits per heavy atom. The zero-order valence-electron chi connectivity index (χ0n) is 19.2. The molecule has 0 saturated carbocycles. The number of para-hydroxylation sites is 1. The lowest BCUT2D eigenvalue weighted by atomic mass is 10.1. The molecule has 0 fully saturated rings. The second kappa shape index (κ2) is 10.2. The average molecular weight is 464 g/mol. The van der Waals surface area contributed by atoms with Gasteiger partial charge in [-0.1, -0.05) is 72.8 Å². The third-order valence-electron chi connectivity index (χ3n) is 5.86. The lowest BCUT2D eigenvalue weighted by molar-refractivity contribution is -0.121. The van der Waals surface area contributed by atoms with E-state index < -0.39 is 0 Å². The summed E-state index contributed by atoms with van der Waals surface area (Å²) in [7, 11) is 0. The number of nitrogens with zero attached hydrogens (tertiary/aromatic N) is 4. The monoisotopic (exact) mass is 463 g/mol. The third-order valence-corrected chi connectivity index (χ3v) is 5.86. The van der Waals surface area contributed by atoms with E-state index in [1.165, 1.54) is 6.20 Å². The molecule has 0 aliphatic heterocycles. The van der Waals surface area contributed by atoms with Crippen LogP contribution < -0.4 is 10.7 Å². The van der Waals surface area contributed by atoms with Crippen LogP contribution in [0.4, 0.5) is 0 Å². The van der Waals surface area contributed by atoms with Crippen LogP contribution >= 0.6 is 0 Å². The minimum absolute atomic E-state index is 0.0931. The molecule has 7 nitrogen and oxygen atoms in total. The number of fused-ring (bicyclic) bond motifs is 1. The number of amides is 1. The number of aryl methyl sites for hydroxylation is 1. The van der Waals surface area contributed by atoms with Crippen LogP contribution in [0.2, 0.25) is 0 Å². The minimum Gasteiger partial charge on any atom is -0.352 e. The van der Waals surface area contributed by atoms with Crippen LogP contribution in [0.3, 0.4) is 0 Å². The average Bonchev–Trinajstić information content (AvgIpc) is 3.31. The van der Waals surface area contributed by atoms with Crippen LogP contribution in [-0.2, 0) is 24.4 Å². The molecule has 0 atom stereocenters. The molecule has 174 valence electrons. The van der Waals surface area contributed by atoms with Gasteiger partial charge in [0, 0.05) is 35.7 Å². The van der Waals surface area contributed by atoms with E-state index in [0.29, 0.717) is 25.0 Å². The molecule has 3 aromatic carbocycles. The zero-order chi connectivity index (χ0) is 24.0. The molecule has 0 unspecified atom stereocenters. The van der Waals surface area contributed by atoms with Crippen LogP contribution in [0.1, 0.15) is 17.5 Å². The van der Waals surface area contributed by atoms with Crippen molar-refractivity contribution in [2.45, 2.75) is 26.1 Å². The van der Waals surface area contributed by atoms with Gasteiger partial charge in [0.1, 0.15) is 0 Å². The molecule has 0 spiro atoms. The second-order valence-corrected chi connectivity index (χ2v) is 8.33. The minimum atomic E-state index is -0.123. The van der Waals surface area contributed by atoms with Crippen molar-refractivity contribution in [2.24, 2.45) is 0 Å². The first-order chi connectivity index (χ1) is 17.2. The normalized spacial score (nSPS) is 11.0. The Bertz CT molecular complexity index is 1510. The first-order valence-corrected chi connectivity index (χ1v) is 11.5. The molecule has 5 rings (SSSR count). The molecule has 5 aromatic rings. The zero-order valence-corrected chi connectivity index (χ0v) is 19.2. The molecule has 1 N–H and O–H groups in total. The van der Waals surface area contributed by atoms with E-state index in [4.69, 9.17) is 5.10 Å². The van der Waals surface area contributed by atoms with Gasteiger partial charge in [-0.05, 0) is 17.7 Å². The lowest BCUT2D eigenvalue weighted by Crippen LogP contribution is -2.25. The van der Waals surface area contributed by atoms with Crippen molar-refractivity contribution in [3.8, 4) is 11.3 Å². The van der Waals surface area contributed by atoms with E-state index in [1.54, 1.807) is 10.7 Å². The second-order valence-electron chi connectivity index (χ2n) is 8.33. The van der Waals surface area contributed by atoms with Gasteiger partial charge in [-0.3, -0.25) is 19.0 Å². The van der Waals surface area contributed by atoms with Crippen molar-refractivity contribution in [1.29, 1.82) is 0 Å². The van der Waals surface area contributed by atoms with E-state index in [-0.39, 0.29) is 17.8 Å². The first kappa shape index (κ1) is 22.3. The summed E-state index contributed by atoms with van der Waals surface area (Å²) in [6.07, 6.45) is 3.54. The molecule has 2 heterocycles. The molecule has 2 aromatic heterocycles. The van der Waals surface area contributed by atoms with Gasteiger partial charge in [-0.15, -0.1) is 0 Å². The van der Waals surface area contributed by atoms with E-state index in [0.717, 1.165) is 27.9 Å². The maximum absolute atomic E-state index is 12.7. The fraction of sp³-hybridized carbons (Fsp3) is 0.143. The largest absolute Gasteiger partial charge is 0.352 e. The van der Waals surface area contributed by atoms with Crippen LogP contribution in [-0.4, -0.2) is 25.5 Å². The summed E-state index contributed by atoms with van der Waals surface area (Å²) < 4.78 is 3.61. The Labute approximate surface area is 202 Å². The van der Waals surface area contributed by atoms with Crippen molar-refractivity contribution in [1.82, 2.24) is 24.9 Å². The van der Waals surface area contributed by atoms with Crippen molar-refractivity contribution >= 4 is 16.8 Å². The van der Waals surface area contributed by atoms with Gasteiger partial charge in [0.15, 0.2) is 0 Å². The Morgan fingerprint density at radius 2 is 1.60 bits per heavy atom. The van der Waals surface area contributed by atoms with Crippen molar-refractivity contribution in [2.75, 3.05) is 0 Å². The number of rotatable bonds is 8. The van der Waals surface area contributed by atoms with Crippen LogP contribution in [0.5, 0.6) is 0 Å². The highest BCUT2D eigenvalue weighted by Gasteiger charge is 2.13. The SMILES string of the molecule is O=C(CCn1ncc(=O)c2ccccc21)NCc1cn(Cc2ccccc2)nc1-c1ccccc1. The summed E-state index contributed by atoms with van der Waals surface area (Å²) in [5.74, 6) is -0.0931. The molecule has 1 amide bonds. The summed E-state index contributed by atoms with van der Waals surface area (Å²) in [4.78, 5) is 24.7. The van der Waals surface area contributed by atoms with E-state index >= 15 is 0 Å². The smallest absolute Gasteiger partial charge is 0.222 e. The summed E-state index contributed by atoms with van der Waals surface area (Å²) in [6, 6.07) is 27.4. The van der Waals surface area contributed by atoms with Gasteiger partial charge < -0.3 is 5.32 Å². The van der Waals surface area contributed by atoms with Gasteiger partial charge in [-0.2, -0.15) is 10.2 Å². The summed E-state index contributed by atoms with van der Waals surface area (Å²) in [6.45, 7) is 1.40. The highest BCUT2D eigenvalue weighted by molar-refractivity contribution is 5.79. The van der Waals surface area contributed by atoms with Gasteiger partial charge in [0.25, 0.3) is 0 Å². The lowest BCUT2D eigenvalue weighted by Gasteiger charge is -2.09. The van der Waals surface area contributed by atoms with Gasteiger partial charge >= 0.3 is 0 Å². The fourth-order valence-electron chi connectivity index (χ4n) is 4.11. The van der Waals surface area contributed by atoms with E-state index in [9.17, 15) is 9.59 Å². The predicted octanol–water partition coefficient (Wildman–Crippen LogP) is 4.01. The highest BCUT2D eigenvalue weighted by atomic mass is 16.1. The summed E-state index contributed by atoms with van der Waals surface area (Å²) >= 11 is 0. The quantitative estimate of drug-likeness (QED) is 0.377. The molecule has 0 bridgehead atoms. The fourth-order valence-corrected chi connectivity index (χ4v) is 4.11. The van der Waals surface area contributed by atoms with Crippen molar-refractivity contribution in [3.63, 3.8) is 0 Å². The highest BCUT2D eigenvalue weighted by Crippen LogP contribution is 2.22. The number of carbonyl (C=O) groups is 1. The molecular formula is C28H25N5O2. The Kier molecular flexibility index (Phi) is 6.48. The molecule has 0 radical (unpaired) electrons. The number of benzene rings is 3. The molecule has 0 saturated heterocycles. The molecular weight excluding hydrogens is 438 g/mol. The van der Waals surface area contributed by atoms with Gasteiger partial charge in [0.2, 0.25) is 11.3 Å². The van der Waals surface area contributed by atoms with E-state index in [2.05, 4.69) is 22.5 Å². The van der Waals surface area contributed by atoms with Crippen LogP contribution in [0, 0.1) is 0 Å². The number of nitrogens with one attached hydrogen (secondary N) is 1. The molecule has 35 heavy (non-hydrogen) atoms. The summed E-state index contributed by atoms with van der Waals surface area (Å²) in [5, 5.41) is 12.6. The number of hydrogen-bond donors (Lipinski definition) is 1. The summed E-state index contributed by atoms with van der Waals surface area (Å²) in [5.41, 5.74) is 4.57. The topological polar surface area (TPSA) is 81.8 Å². The van der Waals surface area contributed by atoms with Crippen LogP contribution in [0.15, 0.2) is 102 Å². The van der Waals surface area contributed by atoms with E-state index in [1.807, 2.05) is 77.6 Å². The van der Waals surface area contributed by atoms with Gasteiger partial charge in [0.05, 0.1) is 30.5 Å². The Balaban J connectivity index is 1.29. The van der Waals surface area contributed by atoms with Gasteiger partial charge in [-0.25, -0.2) is 0 Å². The number of carbonyl (C=O) groups excluding carboxylic acids is 1. The van der Waals surface area contributed by atoms with Crippen molar-refractivity contribution < 1.29 is 4.79 Å². The number of aromatic nitrogens is 4. The first-order valence-electron chi connectivity index (χ1n) is 11.5. The third kappa shape index (κ3) is 5.19. The maximum Gasteiger partial charge on any atom is 0.222 e. The number of hydrogen-bond acceptors (Lipinski definition) is 4. The predicted molar refractivity (Wildman–Crippen MR) is 136 cm³/mol. The Hall–Kier alpha value is -4.52. The van der Waals surface area contributed by atoms with Crippen LogP contribution in [0.25, 0.3) is 22.2 Å². The maximum atomic E-state index is 12.7.